The Morgan fingerprint density at radius 3 is 3.00 bits per heavy atom. The van der Waals surface area contributed by atoms with Crippen LogP contribution < -0.4 is 16.6 Å². The molecule has 1 unspecified atom stereocenters. The Morgan fingerprint density at radius 1 is 1.50 bits per heavy atom. The van der Waals surface area contributed by atoms with Gasteiger partial charge in [0.05, 0.1) is 0 Å². The molecule has 92 valence electrons. The summed E-state index contributed by atoms with van der Waals surface area (Å²) < 4.78 is 0. The van der Waals surface area contributed by atoms with E-state index in [2.05, 4.69) is 10.9 Å². The molecule has 4 N–H and O–H groups in total. The summed E-state index contributed by atoms with van der Waals surface area (Å²) in [5, 5.41) is 0. The number of carbonyl (C=O) groups excluding carboxylic acids is 2. The molecule has 0 spiro atoms. The highest BCUT2D eigenvalue weighted by Crippen LogP contribution is 2.14. The number of nitrogens with one attached hydrogen (secondary N) is 2. The first-order valence-electron chi connectivity index (χ1n) is 5.73. The Hall–Kier alpha value is -1.14. The molecular formula is C10H20N4O2. The average molecular weight is 228 g/mol. The summed E-state index contributed by atoms with van der Waals surface area (Å²) in [4.78, 5) is 23.8. The number of nitrogens with two attached hydrogens (primary N) is 1. The second-order valence-electron chi connectivity index (χ2n) is 3.91. The molecule has 16 heavy (non-hydrogen) atoms. The summed E-state index contributed by atoms with van der Waals surface area (Å²) >= 11 is 0. The minimum absolute atomic E-state index is 0.127. The van der Waals surface area contributed by atoms with Crippen LogP contribution in [0.25, 0.3) is 0 Å². The van der Waals surface area contributed by atoms with E-state index in [-0.39, 0.29) is 11.9 Å². The van der Waals surface area contributed by atoms with Gasteiger partial charge < -0.3 is 10.6 Å². The Balaban J connectivity index is 2.16. The van der Waals surface area contributed by atoms with Crippen LogP contribution in [-0.2, 0) is 9.59 Å². The Bertz CT molecular complexity index is 235. The molecule has 0 aromatic rings. The maximum atomic E-state index is 11.6. The third kappa shape index (κ3) is 3.79. The standard InChI is InChI=1S/C10H20N4O2/c11-5-1-2-6-12-13-10(16)9-4-3-7-14(9)8-15/h8-9,12H,1-7,11H2,(H,13,16). The van der Waals surface area contributed by atoms with Crippen LogP contribution in [0.4, 0.5) is 0 Å². The highest BCUT2D eigenvalue weighted by Gasteiger charge is 2.29. The summed E-state index contributed by atoms with van der Waals surface area (Å²) in [7, 11) is 0. The van der Waals surface area contributed by atoms with E-state index in [0.29, 0.717) is 19.6 Å². The second kappa shape index (κ2) is 7.19. The van der Waals surface area contributed by atoms with Gasteiger partial charge in [-0.2, -0.15) is 0 Å². The van der Waals surface area contributed by atoms with Gasteiger partial charge >= 0.3 is 0 Å². The third-order valence-corrected chi connectivity index (χ3v) is 2.70. The molecule has 0 saturated carbocycles. The minimum Gasteiger partial charge on any atom is -0.333 e. The third-order valence-electron chi connectivity index (χ3n) is 2.70. The van der Waals surface area contributed by atoms with Gasteiger partial charge in [-0.25, -0.2) is 5.43 Å². The summed E-state index contributed by atoms with van der Waals surface area (Å²) in [5.74, 6) is -0.127. The number of likely N-dealkylation sites (tertiary alicyclic amines) is 1. The largest absolute Gasteiger partial charge is 0.333 e. The predicted octanol–water partition coefficient (Wildman–Crippen LogP) is -1.03. The van der Waals surface area contributed by atoms with Crippen LogP contribution in [-0.4, -0.2) is 42.9 Å². The smallest absolute Gasteiger partial charge is 0.256 e. The molecule has 1 rings (SSSR count). The number of amides is 2. The molecule has 0 radical (unpaired) electrons. The van der Waals surface area contributed by atoms with E-state index in [1.54, 1.807) is 0 Å². The van der Waals surface area contributed by atoms with Crippen LogP contribution >= 0.6 is 0 Å². The van der Waals surface area contributed by atoms with Crippen molar-refractivity contribution in [3.8, 4) is 0 Å². The molecule has 6 nitrogen and oxygen atoms in total. The molecular weight excluding hydrogens is 208 g/mol. The molecule has 1 atom stereocenters. The van der Waals surface area contributed by atoms with E-state index >= 15 is 0 Å². The Kier molecular flexibility index (Phi) is 5.81. The van der Waals surface area contributed by atoms with Crippen molar-refractivity contribution in [2.75, 3.05) is 19.6 Å². The van der Waals surface area contributed by atoms with Crippen LogP contribution in [0.3, 0.4) is 0 Å². The lowest BCUT2D eigenvalue weighted by molar-refractivity contribution is -0.131. The maximum Gasteiger partial charge on any atom is 0.256 e. The van der Waals surface area contributed by atoms with Crippen LogP contribution in [0.1, 0.15) is 25.7 Å². The number of rotatable bonds is 7. The van der Waals surface area contributed by atoms with Crippen LogP contribution in [0.15, 0.2) is 0 Å². The molecule has 1 aliphatic rings. The molecule has 6 heteroatoms. The first kappa shape index (κ1) is 12.9. The highest BCUT2D eigenvalue weighted by atomic mass is 16.2. The van der Waals surface area contributed by atoms with Crippen molar-refractivity contribution >= 4 is 12.3 Å². The van der Waals surface area contributed by atoms with Gasteiger partial charge in [0, 0.05) is 13.1 Å². The Labute approximate surface area is 95.5 Å². The lowest BCUT2D eigenvalue weighted by Crippen LogP contribution is -2.48. The quantitative estimate of drug-likeness (QED) is 0.295. The van der Waals surface area contributed by atoms with Crippen molar-refractivity contribution in [2.45, 2.75) is 31.7 Å². The zero-order chi connectivity index (χ0) is 11.8. The average Bonchev–Trinajstić information content (AvgIpc) is 2.76. The van der Waals surface area contributed by atoms with Crippen LogP contribution in [0.2, 0.25) is 0 Å². The SMILES string of the molecule is NCCCCNNC(=O)C1CCCN1C=O. The van der Waals surface area contributed by atoms with Crippen molar-refractivity contribution in [3.05, 3.63) is 0 Å². The van der Waals surface area contributed by atoms with E-state index in [1.807, 2.05) is 0 Å². The van der Waals surface area contributed by atoms with Crippen molar-refractivity contribution in [1.82, 2.24) is 15.8 Å². The summed E-state index contributed by atoms with van der Waals surface area (Å²) in [6.07, 6.45) is 4.25. The monoisotopic (exact) mass is 228 g/mol. The zero-order valence-corrected chi connectivity index (χ0v) is 9.45. The van der Waals surface area contributed by atoms with Gasteiger partial charge in [-0.05, 0) is 32.2 Å². The number of carbonyl (C=O) groups is 2. The van der Waals surface area contributed by atoms with Crippen LogP contribution in [0.5, 0.6) is 0 Å². The summed E-state index contributed by atoms with van der Waals surface area (Å²) in [6.45, 7) is 2.04. The molecule has 0 aromatic heterocycles. The predicted molar refractivity (Wildman–Crippen MR) is 60.2 cm³/mol. The van der Waals surface area contributed by atoms with Gasteiger partial charge in [0.15, 0.2) is 0 Å². The lowest BCUT2D eigenvalue weighted by Gasteiger charge is -2.19. The van der Waals surface area contributed by atoms with E-state index in [1.165, 1.54) is 4.90 Å². The van der Waals surface area contributed by atoms with Crippen molar-refractivity contribution in [1.29, 1.82) is 0 Å². The van der Waals surface area contributed by atoms with Gasteiger partial charge in [-0.15, -0.1) is 0 Å². The first-order valence-corrected chi connectivity index (χ1v) is 5.73. The minimum atomic E-state index is -0.306. The normalized spacial score (nSPS) is 19.8. The molecule has 0 aromatic carbocycles. The summed E-state index contributed by atoms with van der Waals surface area (Å²) in [5.41, 5.74) is 10.8. The number of hydrogen-bond acceptors (Lipinski definition) is 4. The molecule has 0 aliphatic carbocycles. The van der Waals surface area contributed by atoms with Crippen molar-refractivity contribution in [2.24, 2.45) is 5.73 Å². The molecule has 1 aliphatic heterocycles. The topological polar surface area (TPSA) is 87.5 Å². The van der Waals surface area contributed by atoms with Gasteiger partial charge in [0.1, 0.15) is 6.04 Å². The molecule has 1 saturated heterocycles. The lowest BCUT2D eigenvalue weighted by atomic mass is 10.2. The number of hydrogen-bond donors (Lipinski definition) is 3. The second-order valence-corrected chi connectivity index (χ2v) is 3.91. The van der Waals surface area contributed by atoms with E-state index in [9.17, 15) is 9.59 Å². The first-order chi connectivity index (χ1) is 7.79. The van der Waals surface area contributed by atoms with Gasteiger partial charge in [-0.1, -0.05) is 0 Å². The fourth-order valence-electron chi connectivity index (χ4n) is 1.79. The maximum absolute atomic E-state index is 11.6. The zero-order valence-electron chi connectivity index (χ0n) is 9.45. The van der Waals surface area contributed by atoms with Gasteiger partial charge in [0.2, 0.25) is 6.41 Å². The molecule has 2 amide bonds. The van der Waals surface area contributed by atoms with E-state index < -0.39 is 0 Å². The fraction of sp³-hybridized carbons (Fsp3) is 0.800. The number of nitrogens with zero attached hydrogens (tertiary/aromatic N) is 1. The summed E-state index contributed by atoms with van der Waals surface area (Å²) in [6, 6.07) is -0.306. The number of hydrazine groups is 1. The molecule has 0 bridgehead atoms. The fourth-order valence-corrected chi connectivity index (χ4v) is 1.79. The molecule has 1 fully saturated rings. The van der Waals surface area contributed by atoms with Gasteiger partial charge in [-0.3, -0.25) is 15.0 Å². The van der Waals surface area contributed by atoms with E-state index in [0.717, 1.165) is 32.1 Å². The van der Waals surface area contributed by atoms with Crippen molar-refractivity contribution < 1.29 is 9.59 Å². The van der Waals surface area contributed by atoms with Crippen LogP contribution in [0, 0.1) is 0 Å². The van der Waals surface area contributed by atoms with Gasteiger partial charge in [0.25, 0.3) is 5.91 Å². The highest BCUT2D eigenvalue weighted by molar-refractivity contribution is 5.83. The Morgan fingerprint density at radius 2 is 2.31 bits per heavy atom. The molecule has 1 heterocycles. The van der Waals surface area contributed by atoms with E-state index in [4.69, 9.17) is 5.73 Å². The van der Waals surface area contributed by atoms with Crippen molar-refractivity contribution in [3.63, 3.8) is 0 Å². The number of unbranched alkanes of at least 4 members (excludes halogenated alkanes) is 1.